The lowest BCUT2D eigenvalue weighted by molar-refractivity contribution is 0.262. The van der Waals surface area contributed by atoms with Crippen molar-refractivity contribution in [3.63, 3.8) is 0 Å². The Kier molecular flexibility index (Phi) is 7.67. The van der Waals surface area contributed by atoms with Crippen molar-refractivity contribution >= 4 is 0 Å². The van der Waals surface area contributed by atoms with Crippen LogP contribution in [0.25, 0.3) is 0 Å². The van der Waals surface area contributed by atoms with Crippen LogP contribution in [0.1, 0.15) is 41.5 Å². The molecule has 2 heterocycles. The summed E-state index contributed by atoms with van der Waals surface area (Å²) in [5.74, 6) is 1.98. The Morgan fingerprint density at radius 1 is 0.667 bits per heavy atom. The molecule has 0 bridgehead atoms. The van der Waals surface area contributed by atoms with Gasteiger partial charge in [0.25, 0.3) is 0 Å². The van der Waals surface area contributed by atoms with Crippen molar-refractivity contribution in [2.24, 2.45) is 0 Å². The molecule has 2 saturated heterocycles. The van der Waals surface area contributed by atoms with Crippen molar-refractivity contribution in [2.75, 3.05) is 26.4 Å². The molecular formula is C35H36O4. The number of aryl methyl sites for hydroxylation is 1. The van der Waals surface area contributed by atoms with E-state index < -0.39 is 0 Å². The molecule has 0 saturated carbocycles. The summed E-state index contributed by atoms with van der Waals surface area (Å²) in [5.41, 5.74) is 4.96. The quantitative estimate of drug-likeness (QED) is 0.179. The van der Waals surface area contributed by atoms with Gasteiger partial charge in [0, 0.05) is 5.41 Å². The maximum Gasteiger partial charge on any atom is 0.119 e. The number of benzene rings is 4. The van der Waals surface area contributed by atoms with Gasteiger partial charge in [-0.1, -0.05) is 91.9 Å². The normalized spacial score (nSPS) is 20.0. The van der Waals surface area contributed by atoms with Crippen LogP contribution in [0.4, 0.5) is 0 Å². The summed E-state index contributed by atoms with van der Waals surface area (Å²) in [5, 5.41) is 0. The van der Waals surface area contributed by atoms with Crippen molar-refractivity contribution in [3.05, 3.63) is 131 Å². The number of ether oxygens (including phenoxy) is 4. The van der Waals surface area contributed by atoms with E-state index in [1.54, 1.807) is 0 Å². The van der Waals surface area contributed by atoms with E-state index in [0.717, 1.165) is 37.6 Å². The van der Waals surface area contributed by atoms with Crippen LogP contribution in [0, 0.1) is 0 Å². The third-order valence-electron chi connectivity index (χ3n) is 8.11. The zero-order chi connectivity index (χ0) is 26.5. The van der Waals surface area contributed by atoms with Gasteiger partial charge in [-0.3, -0.25) is 0 Å². The summed E-state index contributed by atoms with van der Waals surface area (Å²) in [4.78, 5) is 0. The largest absolute Gasteiger partial charge is 0.491 e. The molecule has 0 amide bonds. The van der Waals surface area contributed by atoms with Gasteiger partial charge in [0.2, 0.25) is 0 Å². The highest BCUT2D eigenvalue weighted by Crippen LogP contribution is 2.48. The van der Waals surface area contributed by atoms with Gasteiger partial charge in [-0.05, 0) is 65.3 Å². The molecule has 4 nitrogen and oxygen atoms in total. The van der Waals surface area contributed by atoms with Crippen molar-refractivity contribution < 1.29 is 18.9 Å². The van der Waals surface area contributed by atoms with E-state index in [1.807, 2.05) is 0 Å². The average molecular weight is 521 g/mol. The van der Waals surface area contributed by atoms with Crippen molar-refractivity contribution in [1.82, 2.24) is 0 Å². The molecule has 0 radical (unpaired) electrons. The molecule has 0 spiro atoms. The highest BCUT2D eigenvalue weighted by molar-refractivity contribution is 5.48. The zero-order valence-corrected chi connectivity index (χ0v) is 22.5. The van der Waals surface area contributed by atoms with Crippen LogP contribution in [-0.4, -0.2) is 38.6 Å². The Morgan fingerprint density at radius 2 is 1.13 bits per heavy atom. The predicted octanol–water partition coefficient (Wildman–Crippen LogP) is 6.96. The molecule has 2 aliphatic rings. The van der Waals surface area contributed by atoms with Gasteiger partial charge >= 0.3 is 0 Å². The van der Waals surface area contributed by atoms with E-state index >= 15 is 0 Å². The lowest BCUT2D eigenvalue weighted by Crippen LogP contribution is -2.34. The van der Waals surface area contributed by atoms with Crippen LogP contribution in [-0.2, 0) is 21.3 Å². The van der Waals surface area contributed by atoms with Gasteiger partial charge < -0.3 is 18.9 Å². The van der Waals surface area contributed by atoms with Crippen LogP contribution >= 0.6 is 0 Å². The van der Waals surface area contributed by atoms with Crippen LogP contribution in [0.15, 0.2) is 109 Å². The number of hydrogen-bond donors (Lipinski definition) is 0. The fourth-order valence-electron chi connectivity index (χ4n) is 5.59. The number of epoxide rings is 2. The van der Waals surface area contributed by atoms with Crippen molar-refractivity contribution in [2.45, 2.75) is 43.3 Å². The fourth-order valence-corrected chi connectivity index (χ4v) is 5.59. The molecule has 4 aromatic carbocycles. The maximum atomic E-state index is 5.99. The first-order valence-corrected chi connectivity index (χ1v) is 14.0. The first kappa shape index (κ1) is 25.7. The molecule has 0 aromatic heterocycles. The van der Waals surface area contributed by atoms with Gasteiger partial charge in [0.05, 0.1) is 13.2 Å². The van der Waals surface area contributed by atoms with Crippen LogP contribution < -0.4 is 9.47 Å². The standard InChI is InChI=1S/C35H36O4/c1-26(28-10-6-3-7-11-28)35(21-20-27-8-4-2-5-9-27,29-12-16-31(17-13-29)36-22-33-24-38-33)30-14-18-32(19-15-30)37-23-34-25-39-34/h2-19,26,33-34H,20-25H2,1H3. The minimum absolute atomic E-state index is 0.223. The summed E-state index contributed by atoms with van der Waals surface area (Å²) in [6, 6.07) is 39.1. The summed E-state index contributed by atoms with van der Waals surface area (Å²) >= 11 is 0. The second-order valence-electron chi connectivity index (χ2n) is 10.7. The van der Waals surface area contributed by atoms with E-state index in [-0.39, 0.29) is 23.5 Å². The van der Waals surface area contributed by atoms with Crippen LogP contribution in [0.3, 0.4) is 0 Å². The first-order valence-electron chi connectivity index (χ1n) is 14.0. The molecule has 0 aliphatic carbocycles. The molecule has 4 heteroatoms. The molecule has 0 N–H and O–H groups in total. The monoisotopic (exact) mass is 520 g/mol. The predicted molar refractivity (Wildman–Crippen MR) is 154 cm³/mol. The van der Waals surface area contributed by atoms with Crippen molar-refractivity contribution in [3.8, 4) is 11.5 Å². The number of rotatable bonds is 13. The molecule has 2 aliphatic heterocycles. The number of hydrogen-bond acceptors (Lipinski definition) is 4. The van der Waals surface area contributed by atoms with E-state index in [0.29, 0.717) is 13.2 Å². The van der Waals surface area contributed by atoms with Crippen molar-refractivity contribution in [1.29, 1.82) is 0 Å². The average Bonchev–Trinajstić information content (AvgIpc) is 3.93. The molecule has 3 atom stereocenters. The topological polar surface area (TPSA) is 43.5 Å². The molecular weight excluding hydrogens is 484 g/mol. The summed E-state index contributed by atoms with van der Waals surface area (Å²) < 4.78 is 22.6. The molecule has 200 valence electrons. The minimum Gasteiger partial charge on any atom is -0.491 e. The Bertz CT molecular complexity index is 1250. The fraction of sp³-hybridized carbons (Fsp3) is 0.314. The third kappa shape index (κ3) is 6.19. The van der Waals surface area contributed by atoms with E-state index in [9.17, 15) is 0 Å². The van der Waals surface area contributed by atoms with Gasteiger partial charge in [-0.2, -0.15) is 0 Å². The van der Waals surface area contributed by atoms with Gasteiger partial charge in [0.15, 0.2) is 0 Å². The molecule has 39 heavy (non-hydrogen) atoms. The lowest BCUT2D eigenvalue weighted by Gasteiger charge is -2.41. The summed E-state index contributed by atoms with van der Waals surface area (Å²) in [6.07, 6.45) is 2.39. The molecule has 6 rings (SSSR count). The molecule has 2 fully saturated rings. The first-order chi connectivity index (χ1) is 19.2. The SMILES string of the molecule is CC(c1ccccc1)C(CCc1ccccc1)(c1ccc(OCC2CO2)cc1)c1ccc(OCC2CO2)cc1. The molecule has 4 aromatic rings. The van der Waals surface area contributed by atoms with E-state index in [4.69, 9.17) is 18.9 Å². The Labute approximate surface area is 231 Å². The minimum atomic E-state index is -0.270. The van der Waals surface area contributed by atoms with Crippen LogP contribution in [0.2, 0.25) is 0 Å². The second-order valence-corrected chi connectivity index (χ2v) is 10.7. The van der Waals surface area contributed by atoms with Gasteiger partial charge in [-0.15, -0.1) is 0 Å². The van der Waals surface area contributed by atoms with Gasteiger partial charge in [0.1, 0.15) is 36.9 Å². The lowest BCUT2D eigenvalue weighted by atomic mass is 9.61. The zero-order valence-electron chi connectivity index (χ0n) is 22.5. The van der Waals surface area contributed by atoms with Crippen LogP contribution in [0.5, 0.6) is 11.5 Å². The third-order valence-corrected chi connectivity index (χ3v) is 8.11. The highest BCUT2D eigenvalue weighted by Gasteiger charge is 2.40. The summed E-state index contributed by atoms with van der Waals surface area (Å²) in [7, 11) is 0. The van der Waals surface area contributed by atoms with E-state index in [1.165, 1.54) is 22.3 Å². The summed E-state index contributed by atoms with van der Waals surface area (Å²) in [6.45, 7) is 5.16. The maximum absolute atomic E-state index is 5.99. The van der Waals surface area contributed by atoms with Gasteiger partial charge in [-0.25, -0.2) is 0 Å². The smallest absolute Gasteiger partial charge is 0.119 e. The highest BCUT2D eigenvalue weighted by atomic mass is 16.6. The Morgan fingerprint density at radius 3 is 1.59 bits per heavy atom. The Balaban J connectivity index is 1.39. The second kappa shape index (κ2) is 11.6. The Hall–Kier alpha value is -3.60. The van der Waals surface area contributed by atoms with E-state index in [2.05, 4.69) is 116 Å². The molecule has 3 unspecified atom stereocenters.